The molecule has 1 unspecified atom stereocenters. The highest BCUT2D eigenvalue weighted by molar-refractivity contribution is 5.97. The molecule has 1 heterocycles. The molecule has 1 aliphatic rings. The van der Waals surface area contributed by atoms with Crippen molar-refractivity contribution in [3.05, 3.63) is 107 Å². The van der Waals surface area contributed by atoms with Crippen molar-refractivity contribution in [2.45, 2.75) is 31.2 Å². The Morgan fingerprint density at radius 2 is 1.59 bits per heavy atom. The molecule has 1 atom stereocenters. The molecule has 0 aromatic heterocycles. The van der Waals surface area contributed by atoms with Crippen LogP contribution >= 0.6 is 0 Å². The second kappa shape index (κ2) is 10.2. The van der Waals surface area contributed by atoms with Gasteiger partial charge < -0.3 is 10.2 Å². The fraction of sp³-hybridized carbons (Fsp3) is 0.259. The fourth-order valence-electron chi connectivity index (χ4n) is 4.42. The van der Waals surface area contributed by atoms with E-state index in [4.69, 9.17) is 0 Å². The van der Waals surface area contributed by atoms with Crippen LogP contribution in [0.4, 0.5) is 4.39 Å². The summed E-state index contributed by atoms with van der Waals surface area (Å²) in [6, 6.07) is 25.6. The van der Waals surface area contributed by atoms with Gasteiger partial charge in [0.05, 0.1) is 0 Å². The molecule has 32 heavy (non-hydrogen) atoms. The first kappa shape index (κ1) is 21.8. The molecule has 3 aromatic carbocycles. The second-order valence-electron chi connectivity index (χ2n) is 8.12. The Morgan fingerprint density at radius 1 is 0.938 bits per heavy atom. The molecule has 0 aliphatic carbocycles. The highest BCUT2D eigenvalue weighted by Crippen LogP contribution is 2.27. The highest BCUT2D eigenvalue weighted by Gasteiger charge is 2.34. The average molecular weight is 431 g/mol. The number of carbonyl (C=O) groups excluding carboxylic acids is 2. The smallest absolute Gasteiger partial charge is 0.254 e. The zero-order valence-electron chi connectivity index (χ0n) is 17.9. The van der Waals surface area contributed by atoms with Crippen LogP contribution in [-0.4, -0.2) is 35.8 Å². The van der Waals surface area contributed by atoms with E-state index < -0.39 is 11.9 Å². The third-order valence-electron chi connectivity index (χ3n) is 6.02. The molecule has 1 saturated heterocycles. The Balaban J connectivity index is 1.40. The summed E-state index contributed by atoms with van der Waals surface area (Å²) in [6.45, 7) is 1.01. The molecule has 164 valence electrons. The van der Waals surface area contributed by atoms with Crippen LogP contribution in [0.15, 0.2) is 84.9 Å². The van der Waals surface area contributed by atoms with Crippen LogP contribution in [-0.2, 0) is 4.79 Å². The van der Waals surface area contributed by atoms with Crippen molar-refractivity contribution in [1.82, 2.24) is 10.2 Å². The molecular weight excluding hydrogens is 403 g/mol. The molecule has 0 spiro atoms. The minimum absolute atomic E-state index is 0.146. The molecule has 1 fully saturated rings. The van der Waals surface area contributed by atoms with Crippen molar-refractivity contribution in [2.75, 3.05) is 13.1 Å². The van der Waals surface area contributed by atoms with E-state index in [0.717, 1.165) is 12.8 Å². The van der Waals surface area contributed by atoms with Gasteiger partial charge in [-0.25, -0.2) is 4.39 Å². The van der Waals surface area contributed by atoms with E-state index in [0.29, 0.717) is 19.5 Å². The predicted octanol–water partition coefficient (Wildman–Crippen LogP) is 4.77. The van der Waals surface area contributed by atoms with E-state index in [-0.39, 0.29) is 23.3 Å². The van der Waals surface area contributed by atoms with E-state index in [1.807, 2.05) is 36.4 Å². The minimum Gasteiger partial charge on any atom is -0.354 e. The first-order valence-electron chi connectivity index (χ1n) is 11.1. The third-order valence-corrected chi connectivity index (χ3v) is 6.02. The molecule has 2 amide bonds. The van der Waals surface area contributed by atoms with Crippen LogP contribution in [0.2, 0.25) is 0 Å². The topological polar surface area (TPSA) is 49.4 Å². The van der Waals surface area contributed by atoms with Crippen LogP contribution in [0, 0.1) is 5.82 Å². The Hall–Kier alpha value is -3.47. The Kier molecular flexibility index (Phi) is 6.95. The molecule has 5 heteroatoms. The molecule has 4 rings (SSSR count). The van der Waals surface area contributed by atoms with Gasteiger partial charge in [-0.15, -0.1) is 0 Å². The summed E-state index contributed by atoms with van der Waals surface area (Å²) in [5.74, 6) is -0.726. The van der Waals surface area contributed by atoms with E-state index in [2.05, 4.69) is 29.6 Å². The number of nitrogens with one attached hydrogen (secondary N) is 1. The van der Waals surface area contributed by atoms with Crippen LogP contribution in [0.5, 0.6) is 0 Å². The number of amides is 2. The lowest BCUT2D eigenvalue weighted by molar-refractivity contribution is -0.124. The Labute approximate surface area is 188 Å². The average Bonchev–Trinajstić information content (AvgIpc) is 3.32. The summed E-state index contributed by atoms with van der Waals surface area (Å²) >= 11 is 0. The quantitative estimate of drug-likeness (QED) is 0.587. The maximum Gasteiger partial charge on any atom is 0.254 e. The van der Waals surface area contributed by atoms with Gasteiger partial charge in [-0.1, -0.05) is 66.7 Å². The SMILES string of the molecule is O=C(NCCC(c1ccccc1)c1ccccc1)C1CCCN1C(=O)c1cccc(F)c1. The van der Waals surface area contributed by atoms with Crippen molar-refractivity contribution in [1.29, 1.82) is 0 Å². The molecule has 1 N–H and O–H groups in total. The predicted molar refractivity (Wildman–Crippen MR) is 123 cm³/mol. The van der Waals surface area contributed by atoms with Crippen LogP contribution in [0.1, 0.15) is 46.7 Å². The number of benzene rings is 3. The molecule has 4 nitrogen and oxygen atoms in total. The number of hydrogen-bond acceptors (Lipinski definition) is 2. The first-order valence-corrected chi connectivity index (χ1v) is 11.1. The van der Waals surface area contributed by atoms with Crippen molar-refractivity contribution < 1.29 is 14.0 Å². The zero-order chi connectivity index (χ0) is 22.3. The van der Waals surface area contributed by atoms with Gasteiger partial charge in [0.1, 0.15) is 11.9 Å². The van der Waals surface area contributed by atoms with Gasteiger partial charge in [0.15, 0.2) is 0 Å². The van der Waals surface area contributed by atoms with Crippen LogP contribution in [0.25, 0.3) is 0 Å². The lowest BCUT2D eigenvalue weighted by atomic mass is 9.88. The summed E-state index contributed by atoms with van der Waals surface area (Å²) in [6.07, 6.45) is 2.13. The van der Waals surface area contributed by atoms with Crippen molar-refractivity contribution in [2.24, 2.45) is 0 Å². The van der Waals surface area contributed by atoms with Crippen molar-refractivity contribution >= 4 is 11.8 Å². The lowest BCUT2D eigenvalue weighted by Crippen LogP contribution is -2.46. The number of carbonyl (C=O) groups is 2. The highest BCUT2D eigenvalue weighted by atomic mass is 19.1. The van der Waals surface area contributed by atoms with Gasteiger partial charge in [-0.3, -0.25) is 9.59 Å². The van der Waals surface area contributed by atoms with Gasteiger partial charge in [0, 0.05) is 24.6 Å². The number of rotatable bonds is 7. The molecule has 0 bridgehead atoms. The molecule has 1 aliphatic heterocycles. The minimum atomic E-state index is -0.516. The van der Waals surface area contributed by atoms with Gasteiger partial charge in [-0.2, -0.15) is 0 Å². The van der Waals surface area contributed by atoms with Crippen LogP contribution < -0.4 is 5.32 Å². The van der Waals surface area contributed by atoms with Crippen LogP contribution in [0.3, 0.4) is 0 Å². The summed E-state index contributed by atoms with van der Waals surface area (Å²) < 4.78 is 13.5. The number of hydrogen-bond donors (Lipinski definition) is 1. The zero-order valence-corrected chi connectivity index (χ0v) is 17.9. The van der Waals surface area contributed by atoms with E-state index >= 15 is 0 Å². The lowest BCUT2D eigenvalue weighted by Gasteiger charge is -2.25. The van der Waals surface area contributed by atoms with E-state index in [9.17, 15) is 14.0 Å². The standard InChI is InChI=1S/C27H27FN2O2/c28-23-14-7-13-22(19-23)27(32)30-18-8-15-25(30)26(31)29-17-16-24(20-9-3-1-4-10-20)21-11-5-2-6-12-21/h1-7,9-14,19,24-25H,8,15-18H2,(H,29,31). The van der Waals surface area contributed by atoms with E-state index in [1.54, 1.807) is 11.0 Å². The molecular formula is C27H27FN2O2. The largest absolute Gasteiger partial charge is 0.354 e. The summed E-state index contributed by atoms with van der Waals surface area (Å²) in [7, 11) is 0. The van der Waals surface area contributed by atoms with Crippen molar-refractivity contribution in [3.63, 3.8) is 0 Å². The summed E-state index contributed by atoms with van der Waals surface area (Å²) in [5.41, 5.74) is 2.69. The Bertz CT molecular complexity index is 1020. The number of nitrogens with zero attached hydrogens (tertiary/aromatic N) is 1. The first-order chi connectivity index (χ1) is 15.6. The summed E-state index contributed by atoms with van der Waals surface area (Å²) in [4.78, 5) is 27.3. The van der Waals surface area contributed by atoms with Gasteiger partial charge in [-0.05, 0) is 48.6 Å². The monoisotopic (exact) mass is 430 g/mol. The molecule has 0 radical (unpaired) electrons. The fourth-order valence-corrected chi connectivity index (χ4v) is 4.42. The van der Waals surface area contributed by atoms with Gasteiger partial charge in [0.25, 0.3) is 5.91 Å². The number of likely N-dealkylation sites (tertiary alicyclic amines) is 1. The Morgan fingerprint density at radius 3 is 2.22 bits per heavy atom. The summed E-state index contributed by atoms with van der Waals surface area (Å²) in [5, 5.41) is 3.04. The van der Waals surface area contributed by atoms with E-state index in [1.165, 1.54) is 29.3 Å². The second-order valence-corrected chi connectivity index (χ2v) is 8.12. The maximum atomic E-state index is 13.5. The van der Waals surface area contributed by atoms with Crippen molar-refractivity contribution in [3.8, 4) is 0 Å². The maximum absolute atomic E-state index is 13.5. The molecule has 0 saturated carbocycles. The molecule has 3 aromatic rings. The third kappa shape index (κ3) is 5.05. The van der Waals surface area contributed by atoms with Gasteiger partial charge >= 0.3 is 0 Å². The van der Waals surface area contributed by atoms with Gasteiger partial charge in [0.2, 0.25) is 5.91 Å². The number of halogens is 1. The normalized spacial score (nSPS) is 15.7.